The number of carbonyl (C=O) groups is 1. The molecule has 3 N–H and O–H groups in total. The smallest absolute Gasteiger partial charge is 0.267 e. The lowest BCUT2D eigenvalue weighted by Crippen LogP contribution is -2.47. The van der Waals surface area contributed by atoms with Crippen molar-refractivity contribution in [1.82, 2.24) is 15.2 Å². The number of aliphatic hydroxyl groups is 1. The van der Waals surface area contributed by atoms with Crippen LogP contribution >= 0.6 is 0 Å². The molecule has 0 aliphatic rings. The highest BCUT2D eigenvalue weighted by molar-refractivity contribution is 5.92. The Hall–Kier alpha value is -1.33. The Kier molecular flexibility index (Phi) is 4.09. The number of nitrogens with zero attached hydrogens (tertiary/aromatic N) is 1. The minimum atomic E-state index is -0.925. The third-order valence-electron chi connectivity index (χ3n) is 2.13. The Bertz CT molecular complexity index is 331. The van der Waals surface area contributed by atoms with E-state index in [4.69, 9.17) is 0 Å². The summed E-state index contributed by atoms with van der Waals surface area (Å²) < 4.78 is 0. The lowest BCUT2D eigenvalue weighted by atomic mass is 10.1. The first kappa shape index (κ1) is 12.7. The molecule has 90 valence electrons. The van der Waals surface area contributed by atoms with Crippen LogP contribution in [0.3, 0.4) is 0 Å². The molecular weight excluding hydrogens is 206 g/mol. The number of aromatic nitrogens is 1. The molecule has 1 heterocycles. The van der Waals surface area contributed by atoms with Crippen molar-refractivity contribution in [1.29, 1.82) is 0 Å². The average Bonchev–Trinajstić information content (AvgIpc) is 2.64. The molecule has 1 amide bonds. The van der Waals surface area contributed by atoms with Crippen molar-refractivity contribution in [2.24, 2.45) is 0 Å². The minimum absolute atomic E-state index is 0.205. The number of hydrogen-bond acceptors (Lipinski definition) is 3. The van der Waals surface area contributed by atoms with Crippen LogP contribution in [0, 0.1) is 0 Å². The first-order valence-electron chi connectivity index (χ1n) is 5.19. The van der Waals surface area contributed by atoms with Crippen molar-refractivity contribution in [2.75, 3.05) is 27.2 Å². The molecule has 0 aliphatic heterocycles. The number of amides is 1. The Morgan fingerprint density at radius 1 is 1.62 bits per heavy atom. The normalized spacial score (nSPS) is 14.8. The van der Waals surface area contributed by atoms with E-state index < -0.39 is 5.60 Å². The summed E-state index contributed by atoms with van der Waals surface area (Å²) in [6.45, 7) is 2.42. The van der Waals surface area contributed by atoms with Gasteiger partial charge in [-0.15, -0.1) is 0 Å². The lowest BCUT2D eigenvalue weighted by Gasteiger charge is -2.26. The lowest BCUT2D eigenvalue weighted by molar-refractivity contribution is 0.0325. The average molecular weight is 225 g/mol. The Labute approximate surface area is 95.5 Å². The van der Waals surface area contributed by atoms with Gasteiger partial charge in [-0.25, -0.2) is 0 Å². The van der Waals surface area contributed by atoms with Crippen molar-refractivity contribution in [3.63, 3.8) is 0 Å². The van der Waals surface area contributed by atoms with Gasteiger partial charge in [-0.05, 0) is 33.2 Å². The number of rotatable bonds is 5. The van der Waals surface area contributed by atoms with Crippen LogP contribution in [0.5, 0.6) is 0 Å². The second-order valence-corrected chi connectivity index (χ2v) is 4.50. The summed E-state index contributed by atoms with van der Waals surface area (Å²) in [5, 5.41) is 12.6. The van der Waals surface area contributed by atoms with Gasteiger partial charge in [0.15, 0.2) is 0 Å². The van der Waals surface area contributed by atoms with Gasteiger partial charge in [0.05, 0.1) is 5.60 Å². The maximum Gasteiger partial charge on any atom is 0.267 e. The van der Waals surface area contributed by atoms with Crippen LogP contribution in [-0.4, -0.2) is 53.7 Å². The molecule has 1 aromatic rings. The Morgan fingerprint density at radius 3 is 2.81 bits per heavy atom. The van der Waals surface area contributed by atoms with Gasteiger partial charge in [0.1, 0.15) is 5.69 Å². The van der Waals surface area contributed by atoms with Gasteiger partial charge in [0, 0.05) is 19.3 Å². The minimum Gasteiger partial charge on any atom is -0.387 e. The van der Waals surface area contributed by atoms with E-state index in [-0.39, 0.29) is 12.5 Å². The predicted molar refractivity (Wildman–Crippen MR) is 62.3 cm³/mol. The molecule has 0 spiro atoms. The highest BCUT2D eigenvalue weighted by Gasteiger charge is 2.22. The summed E-state index contributed by atoms with van der Waals surface area (Å²) in [5.41, 5.74) is -0.424. The summed E-state index contributed by atoms with van der Waals surface area (Å²) >= 11 is 0. The number of likely N-dealkylation sites (N-methyl/N-ethyl adjacent to an activating group) is 1. The topological polar surface area (TPSA) is 68.4 Å². The SMILES string of the molecule is CN(C)CC(C)(O)CNC(=O)c1ccc[nH]1. The molecule has 0 saturated carbocycles. The largest absolute Gasteiger partial charge is 0.387 e. The first-order valence-corrected chi connectivity index (χ1v) is 5.19. The standard InChI is InChI=1S/C11H19N3O2/c1-11(16,8-14(2)3)7-13-10(15)9-5-4-6-12-9/h4-6,12,16H,7-8H2,1-3H3,(H,13,15). The third-order valence-corrected chi connectivity index (χ3v) is 2.13. The Morgan fingerprint density at radius 2 is 2.31 bits per heavy atom. The first-order chi connectivity index (χ1) is 7.41. The van der Waals surface area contributed by atoms with Crippen molar-refractivity contribution < 1.29 is 9.90 Å². The van der Waals surface area contributed by atoms with E-state index in [9.17, 15) is 9.90 Å². The zero-order valence-corrected chi connectivity index (χ0v) is 9.95. The molecule has 0 aliphatic carbocycles. The van der Waals surface area contributed by atoms with E-state index >= 15 is 0 Å². The van der Waals surface area contributed by atoms with E-state index in [1.807, 2.05) is 19.0 Å². The van der Waals surface area contributed by atoms with Gasteiger partial charge >= 0.3 is 0 Å². The van der Waals surface area contributed by atoms with Crippen molar-refractivity contribution in [2.45, 2.75) is 12.5 Å². The molecule has 5 nitrogen and oxygen atoms in total. The van der Waals surface area contributed by atoms with Crippen LogP contribution in [0.1, 0.15) is 17.4 Å². The van der Waals surface area contributed by atoms with Gasteiger partial charge in [0.25, 0.3) is 5.91 Å². The maximum absolute atomic E-state index is 11.6. The molecular formula is C11H19N3O2. The highest BCUT2D eigenvalue weighted by Crippen LogP contribution is 2.03. The van der Waals surface area contributed by atoms with Crippen LogP contribution < -0.4 is 5.32 Å². The molecule has 5 heteroatoms. The molecule has 0 radical (unpaired) electrons. The fourth-order valence-corrected chi connectivity index (χ4v) is 1.57. The predicted octanol–water partition coefficient (Wildman–Crippen LogP) is 0.0571. The van der Waals surface area contributed by atoms with Crippen molar-refractivity contribution in [3.8, 4) is 0 Å². The summed E-state index contributed by atoms with van der Waals surface area (Å²) in [6.07, 6.45) is 1.69. The van der Waals surface area contributed by atoms with Gasteiger partial charge < -0.3 is 20.3 Å². The maximum atomic E-state index is 11.6. The zero-order valence-electron chi connectivity index (χ0n) is 9.95. The molecule has 0 fully saturated rings. The number of aromatic amines is 1. The molecule has 0 bridgehead atoms. The van der Waals surface area contributed by atoms with Crippen LogP contribution in [0.15, 0.2) is 18.3 Å². The van der Waals surface area contributed by atoms with E-state index in [2.05, 4.69) is 10.3 Å². The summed E-state index contributed by atoms with van der Waals surface area (Å²) in [4.78, 5) is 16.3. The second-order valence-electron chi connectivity index (χ2n) is 4.50. The van der Waals surface area contributed by atoms with Gasteiger partial charge in [-0.1, -0.05) is 0 Å². The molecule has 1 aromatic heterocycles. The molecule has 16 heavy (non-hydrogen) atoms. The third kappa shape index (κ3) is 4.04. The molecule has 1 rings (SSSR count). The quantitative estimate of drug-likeness (QED) is 0.663. The van der Waals surface area contributed by atoms with E-state index in [0.29, 0.717) is 12.2 Å². The second kappa shape index (κ2) is 5.14. The fourth-order valence-electron chi connectivity index (χ4n) is 1.57. The van der Waals surface area contributed by atoms with E-state index in [0.717, 1.165) is 0 Å². The summed E-state index contributed by atoms with van der Waals surface area (Å²) in [6, 6.07) is 3.45. The summed E-state index contributed by atoms with van der Waals surface area (Å²) in [7, 11) is 3.75. The molecule has 1 unspecified atom stereocenters. The number of nitrogens with one attached hydrogen (secondary N) is 2. The van der Waals surface area contributed by atoms with Crippen LogP contribution in [0.25, 0.3) is 0 Å². The highest BCUT2D eigenvalue weighted by atomic mass is 16.3. The molecule has 1 atom stereocenters. The van der Waals surface area contributed by atoms with Gasteiger partial charge in [0.2, 0.25) is 0 Å². The van der Waals surface area contributed by atoms with Crippen LogP contribution in [0.2, 0.25) is 0 Å². The van der Waals surface area contributed by atoms with Gasteiger partial charge in [-0.2, -0.15) is 0 Å². The monoisotopic (exact) mass is 225 g/mol. The number of hydrogen-bond donors (Lipinski definition) is 3. The summed E-state index contributed by atoms with van der Waals surface area (Å²) in [5.74, 6) is -0.205. The fraction of sp³-hybridized carbons (Fsp3) is 0.545. The van der Waals surface area contributed by atoms with Crippen molar-refractivity contribution in [3.05, 3.63) is 24.0 Å². The van der Waals surface area contributed by atoms with E-state index in [1.54, 1.807) is 25.3 Å². The molecule has 0 aromatic carbocycles. The zero-order chi connectivity index (χ0) is 12.2. The van der Waals surface area contributed by atoms with Gasteiger partial charge in [-0.3, -0.25) is 4.79 Å². The number of carbonyl (C=O) groups excluding carboxylic acids is 1. The van der Waals surface area contributed by atoms with Crippen LogP contribution in [-0.2, 0) is 0 Å². The Balaban J connectivity index is 2.42. The van der Waals surface area contributed by atoms with Crippen molar-refractivity contribution >= 4 is 5.91 Å². The molecule has 0 saturated heterocycles. The van der Waals surface area contributed by atoms with Crippen LogP contribution in [0.4, 0.5) is 0 Å². The number of H-pyrrole nitrogens is 1. The van der Waals surface area contributed by atoms with E-state index in [1.165, 1.54) is 0 Å².